The van der Waals surface area contributed by atoms with Crippen LogP contribution in [0.1, 0.15) is 38.5 Å². The van der Waals surface area contributed by atoms with Crippen LogP contribution in [0, 0.1) is 12.2 Å². The maximum absolute atomic E-state index is 4.50. The van der Waals surface area contributed by atoms with Gasteiger partial charge in [0.1, 0.15) is 0 Å². The zero-order chi connectivity index (χ0) is 9.78. The molecule has 0 unspecified atom stereocenters. The Balaban J connectivity index is 0. The molecule has 0 heterocycles. The van der Waals surface area contributed by atoms with Gasteiger partial charge in [-0.05, 0) is 0 Å². The maximum Gasteiger partial charge on any atom is 2.00 e. The third kappa shape index (κ3) is 15.1. The van der Waals surface area contributed by atoms with Crippen molar-refractivity contribution in [3.63, 3.8) is 0 Å². The van der Waals surface area contributed by atoms with Gasteiger partial charge in [0.2, 0.25) is 0 Å². The number of hydrogen-bond donors (Lipinski definition) is 0. The molecular formula is C11H17ClOZr. The van der Waals surface area contributed by atoms with Crippen LogP contribution in [0.15, 0.2) is 12.2 Å². The molecule has 0 bridgehead atoms. The van der Waals surface area contributed by atoms with Gasteiger partial charge in [0.25, 0.3) is 0 Å². The molecule has 0 amide bonds. The Morgan fingerprint density at radius 2 is 1.43 bits per heavy atom. The third-order valence-corrected chi connectivity index (χ3v) is 1.63. The fraction of sp³-hybridized carbons (Fsp3) is 0.636. The van der Waals surface area contributed by atoms with Crippen LogP contribution in [0.25, 0.3) is 0 Å². The van der Waals surface area contributed by atoms with E-state index in [4.69, 9.17) is 0 Å². The van der Waals surface area contributed by atoms with Gasteiger partial charge in [0, 0.05) is 0 Å². The summed E-state index contributed by atoms with van der Waals surface area (Å²) in [5, 5.41) is 0. The van der Waals surface area contributed by atoms with E-state index in [1.165, 1.54) is 45.6 Å². The van der Waals surface area contributed by atoms with Crippen molar-refractivity contribution in [1.29, 1.82) is 0 Å². The molecule has 0 aromatic carbocycles. The first-order valence-electron chi connectivity index (χ1n) is 4.66. The number of halogens is 1. The summed E-state index contributed by atoms with van der Waals surface area (Å²) in [6.07, 6.45) is 18.0. The van der Waals surface area contributed by atoms with E-state index in [0.717, 1.165) is 0 Å². The summed E-state index contributed by atoms with van der Waals surface area (Å²) in [6.45, 7) is 0. The first-order valence-corrected chi connectivity index (χ1v) is 4.97. The monoisotopic (exact) mass is 290 g/mol. The van der Waals surface area contributed by atoms with E-state index < -0.39 is 0 Å². The second-order valence-corrected chi connectivity index (χ2v) is 3.06. The molecule has 0 spiro atoms. The average Bonchev–Trinajstić information content (AvgIpc) is 2.85. The van der Waals surface area contributed by atoms with Crippen molar-refractivity contribution in [2.24, 2.45) is 0 Å². The zero-order valence-electron chi connectivity index (χ0n) is 8.68. The van der Waals surface area contributed by atoms with Gasteiger partial charge in [-0.1, -0.05) is 25.7 Å². The quantitative estimate of drug-likeness (QED) is 0.616. The minimum atomic E-state index is 0. The third-order valence-electron chi connectivity index (χ3n) is 1.63. The average molecular weight is 292 g/mol. The number of allylic oxidation sites excluding steroid dienone is 4. The Kier molecular flexibility index (Phi) is 19.5. The molecule has 3 heteroatoms. The fourth-order valence-corrected chi connectivity index (χ4v) is 1.02. The second kappa shape index (κ2) is 16.1. The maximum atomic E-state index is 4.50. The number of rotatable bonds is 0. The summed E-state index contributed by atoms with van der Waals surface area (Å²) >= 11 is 4.50. The van der Waals surface area contributed by atoms with Gasteiger partial charge >= 0.3 is 26.2 Å². The van der Waals surface area contributed by atoms with Crippen LogP contribution in [-0.4, -0.2) is 7.11 Å². The zero-order valence-corrected chi connectivity index (χ0v) is 11.9. The van der Waals surface area contributed by atoms with Crippen LogP contribution in [-0.2, 0) is 30.5 Å². The summed E-state index contributed by atoms with van der Waals surface area (Å²) in [5.41, 5.74) is 0. The minimum absolute atomic E-state index is 0. The van der Waals surface area contributed by atoms with Crippen LogP contribution < -0.4 is 0 Å². The molecule has 0 saturated carbocycles. The molecule has 14 heavy (non-hydrogen) atoms. The smallest absolute Gasteiger partial charge is 0.501 e. The summed E-state index contributed by atoms with van der Waals surface area (Å²) in [4.78, 5) is 0. The van der Waals surface area contributed by atoms with E-state index in [1.807, 2.05) is 0 Å². The molecule has 0 saturated heterocycles. The molecule has 2 rings (SSSR count). The van der Waals surface area contributed by atoms with Gasteiger partial charge in [0.15, 0.2) is 0 Å². The van der Waals surface area contributed by atoms with Gasteiger partial charge in [-0.15, -0.1) is 0 Å². The van der Waals surface area contributed by atoms with Crippen molar-refractivity contribution in [2.45, 2.75) is 38.5 Å². The molecule has 78 valence electrons. The van der Waals surface area contributed by atoms with E-state index in [2.05, 4.69) is 40.5 Å². The molecule has 2 aliphatic carbocycles. The minimum Gasteiger partial charge on any atom is -0.501 e. The van der Waals surface area contributed by atoms with Crippen molar-refractivity contribution in [1.82, 2.24) is 0 Å². The van der Waals surface area contributed by atoms with E-state index in [0.29, 0.717) is 0 Å². The molecule has 0 aliphatic heterocycles. The van der Waals surface area contributed by atoms with Crippen molar-refractivity contribution in [3.05, 3.63) is 24.3 Å². The van der Waals surface area contributed by atoms with E-state index in [1.54, 1.807) is 0 Å². The molecule has 2 aliphatic rings. The van der Waals surface area contributed by atoms with Gasteiger partial charge < -0.3 is 12.2 Å². The van der Waals surface area contributed by atoms with E-state index in [9.17, 15) is 0 Å². The molecule has 0 N–H and O–H groups in total. The van der Waals surface area contributed by atoms with E-state index in [-0.39, 0.29) is 26.2 Å². The Morgan fingerprint density at radius 3 is 1.50 bits per heavy atom. The molecule has 1 nitrogen and oxygen atoms in total. The number of hydrogen-bond acceptors (Lipinski definition) is 1. The second-order valence-electron chi connectivity index (χ2n) is 2.76. The normalized spacial score (nSPS) is 16.1. The van der Waals surface area contributed by atoms with Crippen LogP contribution in [0.5, 0.6) is 0 Å². The van der Waals surface area contributed by atoms with Gasteiger partial charge in [0.05, 0.1) is 19.0 Å². The topological polar surface area (TPSA) is 9.23 Å². The predicted molar refractivity (Wildman–Crippen MR) is 56.2 cm³/mol. The summed E-state index contributed by atoms with van der Waals surface area (Å²) in [7, 11) is 1.39. The van der Waals surface area contributed by atoms with Gasteiger partial charge in [-0.3, -0.25) is 16.4 Å². The Hall–Kier alpha value is 0.613. The van der Waals surface area contributed by atoms with Crippen LogP contribution in [0.3, 0.4) is 0 Å². The molecule has 0 radical (unpaired) electrons. The Labute approximate surface area is 112 Å². The van der Waals surface area contributed by atoms with Crippen LogP contribution >= 0.6 is 11.9 Å². The van der Waals surface area contributed by atoms with Crippen LogP contribution in [0.2, 0.25) is 0 Å². The summed E-state index contributed by atoms with van der Waals surface area (Å²) < 4.78 is 3.72. The molecule has 0 atom stereocenters. The Bertz CT molecular complexity index is 118. The Morgan fingerprint density at radius 1 is 1.07 bits per heavy atom. The van der Waals surface area contributed by atoms with Crippen molar-refractivity contribution >= 4 is 11.9 Å². The molecule has 0 fully saturated rings. The standard InChI is InChI=1S/2C5H7.CH3ClO.Zr/c2*1-2-4-5-3-1;1-3-2;/h2*1H,2,4-5H2;1H3;/q2*-1;;+2. The fourth-order valence-electron chi connectivity index (χ4n) is 1.02. The first kappa shape index (κ1) is 17.0. The first-order chi connectivity index (χ1) is 6.41. The van der Waals surface area contributed by atoms with Crippen molar-refractivity contribution in [2.75, 3.05) is 7.11 Å². The molecular weight excluding hydrogens is 275 g/mol. The SMILES string of the molecule is COCl.[C-]1=CCCC1.[C-]1=CCCC1.[Zr+2]. The molecule has 0 aromatic heterocycles. The van der Waals surface area contributed by atoms with Gasteiger partial charge in [-0.25, -0.2) is 0 Å². The van der Waals surface area contributed by atoms with Crippen LogP contribution in [0.4, 0.5) is 0 Å². The van der Waals surface area contributed by atoms with Crippen molar-refractivity contribution < 1.29 is 30.5 Å². The van der Waals surface area contributed by atoms with E-state index >= 15 is 0 Å². The largest absolute Gasteiger partial charge is 2.00 e. The summed E-state index contributed by atoms with van der Waals surface area (Å²) in [6, 6.07) is 0. The molecule has 0 aromatic rings. The predicted octanol–water partition coefficient (Wildman–Crippen LogP) is 3.84. The van der Waals surface area contributed by atoms with Gasteiger partial charge in [-0.2, -0.15) is 12.8 Å². The summed E-state index contributed by atoms with van der Waals surface area (Å²) in [5.74, 6) is 0. The van der Waals surface area contributed by atoms with Crippen molar-refractivity contribution in [3.8, 4) is 0 Å².